The van der Waals surface area contributed by atoms with Crippen LogP contribution in [0.5, 0.6) is 0 Å². The summed E-state index contributed by atoms with van der Waals surface area (Å²) in [4.78, 5) is 0. The van der Waals surface area contributed by atoms with Crippen LogP contribution in [0.25, 0.3) is 0 Å². The lowest BCUT2D eigenvalue weighted by Crippen LogP contribution is -2.24. The molecule has 1 fully saturated rings. The molecule has 0 N–H and O–H groups in total. The van der Waals surface area contributed by atoms with E-state index in [2.05, 4.69) is 15.9 Å². The summed E-state index contributed by atoms with van der Waals surface area (Å²) in [5.41, 5.74) is 1.16. The van der Waals surface area contributed by atoms with Gasteiger partial charge in [0.05, 0.1) is 19.8 Å². The van der Waals surface area contributed by atoms with Crippen molar-refractivity contribution in [1.82, 2.24) is 0 Å². The molecule has 1 aromatic rings. The Labute approximate surface area is 110 Å². The monoisotopic (exact) mass is 300 g/mol. The first-order valence-electron chi connectivity index (χ1n) is 5.69. The molecule has 94 valence electrons. The SMILES string of the molecule is CC1(C)OC[C@H](COCc2ccc(Br)cc2)O1. The number of benzene rings is 1. The molecule has 4 heteroatoms. The van der Waals surface area contributed by atoms with Crippen molar-refractivity contribution in [3.8, 4) is 0 Å². The molecule has 3 nitrogen and oxygen atoms in total. The molecule has 1 aliphatic rings. The molecule has 0 saturated carbocycles. The second kappa shape index (κ2) is 5.48. The topological polar surface area (TPSA) is 27.7 Å². The van der Waals surface area contributed by atoms with Gasteiger partial charge in [-0.1, -0.05) is 28.1 Å². The van der Waals surface area contributed by atoms with Gasteiger partial charge in [-0.05, 0) is 31.5 Å². The van der Waals surface area contributed by atoms with E-state index >= 15 is 0 Å². The number of rotatable bonds is 4. The van der Waals surface area contributed by atoms with E-state index in [0.717, 1.165) is 10.0 Å². The molecule has 0 spiro atoms. The Morgan fingerprint density at radius 2 is 2.06 bits per heavy atom. The van der Waals surface area contributed by atoms with Crippen molar-refractivity contribution in [3.05, 3.63) is 34.3 Å². The van der Waals surface area contributed by atoms with Crippen LogP contribution in [-0.2, 0) is 20.8 Å². The summed E-state index contributed by atoms with van der Waals surface area (Å²) in [6.07, 6.45) is 0.0421. The van der Waals surface area contributed by atoms with Crippen molar-refractivity contribution in [2.24, 2.45) is 0 Å². The average Bonchev–Trinajstić information content (AvgIpc) is 2.61. The smallest absolute Gasteiger partial charge is 0.163 e. The van der Waals surface area contributed by atoms with Crippen molar-refractivity contribution in [3.63, 3.8) is 0 Å². The summed E-state index contributed by atoms with van der Waals surface area (Å²) in [6, 6.07) is 8.11. The van der Waals surface area contributed by atoms with Crippen LogP contribution in [0.1, 0.15) is 19.4 Å². The Morgan fingerprint density at radius 1 is 1.35 bits per heavy atom. The van der Waals surface area contributed by atoms with E-state index < -0.39 is 5.79 Å². The largest absolute Gasteiger partial charge is 0.374 e. The molecular formula is C13H17BrO3. The van der Waals surface area contributed by atoms with E-state index in [1.54, 1.807) is 0 Å². The maximum Gasteiger partial charge on any atom is 0.163 e. The highest BCUT2D eigenvalue weighted by Gasteiger charge is 2.32. The quantitative estimate of drug-likeness (QED) is 0.855. The average molecular weight is 301 g/mol. The van der Waals surface area contributed by atoms with Crippen molar-refractivity contribution in [2.75, 3.05) is 13.2 Å². The maximum absolute atomic E-state index is 5.65. The van der Waals surface area contributed by atoms with Gasteiger partial charge in [-0.15, -0.1) is 0 Å². The predicted octanol–water partition coefficient (Wildman–Crippen LogP) is 3.12. The fraction of sp³-hybridized carbons (Fsp3) is 0.538. The molecule has 1 atom stereocenters. The highest BCUT2D eigenvalue weighted by Crippen LogP contribution is 2.22. The summed E-state index contributed by atoms with van der Waals surface area (Å²) >= 11 is 3.40. The summed E-state index contributed by atoms with van der Waals surface area (Å²) < 4.78 is 17.8. The van der Waals surface area contributed by atoms with Gasteiger partial charge in [0, 0.05) is 4.47 Å². The zero-order valence-corrected chi connectivity index (χ0v) is 11.7. The van der Waals surface area contributed by atoms with Gasteiger partial charge < -0.3 is 14.2 Å². The lowest BCUT2D eigenvalue weighted by Gasteiger charge is -2.17. The second-order valence-corrected chi connectivity index (χ2v) is 5.51. The molecule has 17 heavy (non-hydrogen) atoms. The Balaban J connectivity index is 1.71. The lowest BCUT2D eigenvalue weighted by atomic mass is 10.2. The molecule has 1 aromatic carbocycles. The molecule has 0 bridgehead atoms. The second-order valence-electron chi connectivity index (χ2n) is 4.59. The first-order valence-corrected chi connectivity index (χ1v) is 6.48. The standard InChI is InChI=1S/C13H17BrO3/c1-13(2)16-9-12(17-13)8-15-7-10-3-5-11(14)6-4-10/h3-6,12H,7-9H2,1-2H3/t12-/m0/s1. The van der Waals surface area contributed by atoms with Crippen LogP contribution in [0.3, 0.4) is 0 Å². The number of ether oxygens (including phenoxy) is 3. The third kappa shape index (κ3) is 4.07. The van der Waals surface area contributed by atoms with E-state index in [9.17, 15) is 0 Å². The Bertz CT molecular complexity index is 361. The van der Waals surface area contributed by atoms with Crippen LogP contribution >= 0.6 is 15.9 Å². The molecule has 1 aliphatic heterocycles. The Hall–Kier alpha value is -0.420. The van der Waals surface area contributed by atoms with Crippen molar-refractivity contribution in [1.29, 1.82) is 0 Å². The third-order valence-corrected chi connectivity index (χ3v) is 3.08. The summed E-state index contributed by atoms with van der Waals surface area (Å²) in [6.45, 7) is 5.61. The van der Waals surface area contributed by atoms with E-state index in [1.807, 2.05) is 38.1 Å². The van der Waals surface area contributed by atoms with Gasteiger partial charge in [0.25, 0.3) is 0 Å². The predicted molar refractivity (Wildman–Crippen MR) is 68.7 cm³/mol. The fourth-order valence-corrected chi connectivity index (χ4v) is 2.00. The fourth-order valence-electron chi connectivity index (χ4n) is 1.73. The van der Waals surface area contributed by atoms with Crippen LogP contribution in [0, 0.1) is 0 Å². The van der Waals surface area contributed by atoms with Crippen molar-refractivity contribution < 1.29 is 14.2 Å². The minimum absolute atomic E-state index is 0.0421. The zero-order valence-electron chi connectivity index (χ0n) is 10.1. The number of halogens is 1. The van der Waals surface area contributed by atoms with Gasteiger partial charge >= 0.3 is 0 Å². The first-order chi connectivity index (χ1) is 8.05. The molecule has 1 saturated heterocycles. The van der Waals surface area contributed by atoms with Crippen LogP contribution in [0.2, 0.25) is 0 Å². The van der Waals surface area contributed by atoms with Gasteiger partial charge in [-0.3, -0.25) is 0 Å². The highest BCUT2D eigenvalue weighted by atomic mass is 79.9. The van der Waals surface area contributed by atoms with Gasteiger partial charge in [0.2, 0.25) is 0 Å². The zero-order chi connectivity index (χ0) is 12.3. The maximum atomic E-state index is 5.65. The first kappa shape index (κ1) is 13.0. The Kier molecular flexibility index (Phi) is 4.20. The van der Waals surface area contributed by atoms with Crippen molar-refractivity contribution >= 4 is 15.9 Å². The van der Waals surface area contributed by atoms with Crippen LogP contribution < -0.4 is 0 Å². The molecule has 0 unspecified atom stereocenters. The summed E-state index contributed by atoms with van der Waals surface area (Å²) in [7, 11) is 0. The molecule has 0 aliphatic carbocycles. The minimum Gasteiger partial charge on any atom is -0.374 e. The Morgan fingerprint density at radius 3 is 2.65 bits per heavy atom. The minimum atomic E-state index is -0.467. The molecule has 0 aromatic heterocycles. The summed E-state index contributed by atoms with van der Waals surface area (Å²) in [5, 5.41) is 0. The third-order valence-electron chi connectivity index (χ3n) is 2.55. The molecule has 0 amide bonds. The van der Waals surface area contributed by atoms with Gasteiger partial charge in [-0.25, -0.2) is 0 Å². The van der Waals surface area contributed by atoms with Gasteiger partial charge in [0.15, 0.2) is 5.79 Å². The highest BCUT2D eigenvalue weighted by molar-refractivity contribution is 9.10. The van der Waals surface area contributed by atoms with E-state index in [0.29, 0.717) is 19.8 Å². The number of hydrogen-bond donors (Lipinski definition) is 0. The van der Waals surface area contributed by atoms with Crippen LogP contribution in [0.15, 0.2) is 28.7 Å². The molecule has 2 rings (SSSR count). The van der Waals surface area contributed by atoms with E-state index in [-0.39, 0.29) is 6.10 Å². The molecule has 0 radical (unpaired) electrons. The lowest BCUT2D eigenvalue weighted by molar-refractivity contribution is -0.145. The van der Waals surface area contributed by atoms with E-state index in [1.165, 1.54) is 0 Å². The van der Waals surface area contributed by atoms with Gasteiger partial charge in [-0.2, -0.15) is 0 Å². The van der Waals surface area contributed by atoms with Crippen LogP contribution in [-0.4, -0.2) is 25.1 Å². The number of hydrogen-bond acceptors (Lipinski definition) is 3. The summed E-state index contributed by atoms with van der Waals surface area (Å²) in [5.74, 6) is -0.467. The van der Waals surface area contributed by atoms with E-state index in [4.69, 9.17) is 14.2 Å². The van der Waals surface area contributed by atoms with Gasteiger partial charge in [0.1, 0.15) is 6.10 Å². The molecule has 1 heterocycles. The van der Waals surface area contributed by atoms with Crippen LogP contribution in [0.4, 0.5) is 0 Å². The molecular weight excluding hydrogens is 284 g/mol. The normalized spacial score (nSPS) is 22.9. The van der Waals surface area contributed by atoms with Crippen molar-refractivity contribution in [2.45, 2.75) is 32.3 Å².